The Labute approximate surface area is 93.7 Å². The normalized spacial score (nSPS) is 27.1. The minimum absolute atomic E-state index is 0.00310. The summed E-state index contributed by atoms with van der Waals surface area (Å²) in [5.74, 6) is 0.804. The van der Waals surface area contributed by atoms with Gasteiger partial charge >= 0.3 is 0 Å². The van der Waals surface area contributed by atoms with E-state index < -0.39 is 0 Å². The van der Waals surface area contributed by atoms with Crippen LogP contribution >= 0.6 is 0 Å². The second-order valence-corrected chi connectivity index (χ2v) is 4.18. The lowest BCUT2D eigenvalue weighted by molar-refractivity contribution is -0.0589. The average molecular weight is 222 g/mol. The van der Waals surface area contributed by atoms with Gasteiger partial charge in [0.25, 0.3) is 0 Å². The molecule has 0 amide bonds. The monoisotopic (exact) mass is 222 g/mol. The van der Waals surface area contributed by atoms with Crippen LogP contribution in [0.5, 0.6) is 5.75 Å². The van der Waals surface area contributed by atoms with E-state index in [4.69, 9.17) is 14.2 Å². The highest BCUT2D eigenvalue weighted by atomic mass is 16.7. The van der Waals surface area contributed by atoms with Crippen LogP contribution in [0.3, 0.4) is 0 Å². The maximum Gasteiger partial charge on any atom is 0.188 e. The third-order valence-electron chi connectivity index (χ3n) is 3.05. The van der Waals surface area contributed by atoms with Crippen LogP contribution in [0.4, 0.5) is 0 Å². The first-order valence-electron chi connectivity index (χ1n) is 5.42. The summed E-state index contributed by atoms with van der Waals surface area (Å²) >= 11 is 0. The second kappa shape index (κ2) is 3.73. The van der Waals surface area contributed by atoms with E-state index in [-0.39, 0.29) is 19.0 Å². The van der Waals surface area contributed by atoms with Crippen LogP contribution < -0.4 is 4.74 Å². The molecule has 2 bridgehead atoms. The van der Waals surface area contributed by atoms with Gasteiger partial charge in [0, 0.05) is 0 Å². The van der Waals surface area contributed by atoms with Gasteiger partial charge in [-0.3, -0.25) is 0 Å². The number of rotatable bonds is 1. The predicted molar refractivity (Wildman–Crippen MR) is 56.2 cm³/mol. The molecule has 0 radical (unpaired) electrons. The highest BCUT2D eigenvalue weighted by molar-refractivity contribution is 5.47. The van der Waals surface area contributed by atoms with Crippen LogP contribution in [0, 0.1) is 6.92 Å². The second-order valence-electron chi connectivity index (χ2n) is 4.18. The molecule has 3 rings (SSSR count). The van der Waals surface area contributed by atoms with Crippen LogP contribution in [0.1, 0.15) is 23.0 Å². The Balaban J connectivity index is 2.15. The number of aryl methyl sites for hydroxylation is 1. The predicted octanol–water partition coefficient (Wildman–Crippen LogP) is 1.29. The van der Waals surface area contributed by atoms with Crippen molar-refractivity contribution in [3.63, 3.8) is 0 Å². The lowest BCUT2D eigenvalue weighted by Crippen LogP contribution is -2.19. The Bertz CT molecular complexity index is 416. The van der Waals surface area contributed by atoms with Crippen molar-refractivity contribution < 1.29 is 19.3 Å². The van der Waals surface area contributed by atoms with Crippen molar-refractivity contribution in [3.8, 4) is 5.75 Å². The summed E-state index contributed by atoms with van der Waals surface area (Å²) in [5, 5.41) is 9.34. The molecule has 2 aliphatic heterocycles. The molecule has 1 aromatic rings. The Morgan fingerprint density at radius 2 is 2.25 bits per heavy atom. The minimum atomic E-state index is -0.385. The zero-order valence-corrected chi connectivity index (χ0v) is 9.10. The SMILES string of the molecule is Cc1ccc(CO)c2c1OCC1COC2O1. The number of hydrogen-bond donors (Lipinski definition) is 1. The molecule has 2 aliphatic rings. The van der Waals surface area contributed by atoms with Gasteiger partial charge in [-0.05, 0) is 18.1 Å². The lowest BCUT2D eigenvalue weighted by Gasteiger charge is -2.18. The van der Waals surface area contributed by atoms with E-state index in [0.717, 1.165) is 22.4 Å². The number of fused-ring (bicyclic) bond motifs is 4. The maximum absolute atomic E-state index is 9.34. The van der Waals surface area contributed by atoms with Crippen LogP contribution in [-0.2, 0) is 16.1 Å². The Morgan fingerprint density at radius 1 is 1.38 bits per heavy atom. The molecule has 0 saturated carbocycles. The van der Waals surface area contributed by atoms with E-state index in [9.17, 15) is 5.11 Å². The fourth-order valence-corrected chi connectivity index (χ4v) is 2.20. The highest BCUT2D eigenvalue weighted by Crippen LogP contribution is 2.40. The summed E-state index contributed by atoms with van der Waals surface area (Å²) in [4.78, 5) is 0. The van der Waals surface area contributed by atoms with Crippen molar-refractivity contribution in [2.24, 2.45) is 0 Å². The van der Waals surface area contributed by atoms with Gasteiger partial charge in [0.1, 0.15) is 18.5 Å². The fraction of sp³-hybridized carbons (Fsp3) is 0.500. The van der Waals surface area contributed by atoms with Gasteiger partial charge in [-0.2, -0.15) is 0 Å². The van der Waals surface area contributed by atoms with Crippen molar-refractivity contribution in [1.82, 2.24) is 0 Å². The Kier molecular flexibility index (Phi) is 2.35. The van der Waals surface area contributed by atoms with Crippen LogP contribution in [-0.4, -0.2) is 24.4 Å². The molecular formula is C12H14O4. The molecule has 4 nitrogen and oxygen atoms in total. The topological polar surface area (TPSA) is 47.9 Å². The largest absolute Gasteiger partial charge is 0.490 e. The zero-order valence-electron chi connectivity index (χ0n) is 9.10. The molecule has 4 heteroatoms. The van der Waals surface area contributed by atoms with Gasteiger partial charge in [0.2, 0.25) is 0 Å². The average Bonchev–Trinajstić information content (AvgIpc) is 2.65. The molecule has 2 atom stereocenters. The molecular weight excluding hydrogens is 208 g/mol. The molecule has 1 saturated heterocycles. The van der Waals surface area contributed by atoms with Gasteiger partial charge in [-0.25, -0.2) is 0 Å². The van der Waals surface area contributed by atoms with Crippen LogP contribution in [0.2, 0.25) is 0 Å². The van der Waals surface area contributed by atoms with Crippen molar-refractivity contribution in [3.05, 3.63) is 28.8 Å². The summed E-state index contributed by atoms with van der Waals surface area (Å²) in [6.45, 7) is 3.03. The summed E-state index contributed by atoms with van der Waals surface area (Å²) in [7, 11) is 0. The maximum atomic E-state index is 9.34. The number of hydrogen-bond acceptors (Lipinski definition) is 4. The van der Waals surface area contributed by atoms with E-state index >= 15 is 0 Å². The minimum Gasteiger partial charge on any atom is -0.490 e. The molecule has 1 aromatic carbocycles. The summed E-state index contributed by atoms with van der Waals surface area (Å²) in [6, 6.07) is 3.84. The number of aliphatic hydroxyl groups excluding tert-OH is 1. The molecule has 1 N–H and O–H groups in total. The smallest absolute Gasteiger partial charge is 0.188 e. The van der Waals surface area contributed by atoms with Crippen molar-refractivity contribution >= 4 is 0 Å². The van der Waals surface area contributed by atoms with Gasteiger partial charge in [0.15, 0.2) is 6.29 Å². The Morgan fingerprint density at radius 3 is 3.06 bits per heavy atom. The van der Waals surface area contributed by atoms with E-state index in [1.54, 1.807) is 0 Å². The van der Waals surface area contributed by atoms with Gasteiger partial charge in [0.05, 0.1) is 18.8 Å². The molecule has 0 aromatic heterocycles. The van der Waals surface area contributed by atoms with Crippen LogP contribution in [0.25, 0.3) is 0 Å². The standard InChI is InChI=1S/C12H14O4/c1-7-2-3-8(4-13)10-11(7)14-5-9-6-15-12(10)16-9/h2-3,9,12-13H,4-6H2,1H3. The first-order valence-corrected chi connectivity index (χ1v) is 5.42. The van der Waals surface area contributed by atoms with Crippen molar-refractivity contribution in [2.75, 3.05) is 13.2 Å². The summed E-state index contributed by atoms with van der Waals surface area (Å²) in [5.41, 5.74) is 2.71. The highest BCUT2D eigenvalue weighted by Gasteiger charge is 2.35. The van der Waals surface area contributed by atoms with Crippen molar-refractivity contribution in [2.45, 2.75) is 25.9 Å². The third-order valence-corrected chi connectivity index (χ3v) is 3.05. The first kappa shape index (κ1) is 10.1. The zero-order chi connectivity index (χ0) is 11.1. The molecule has 0 aliphatic carbocycles. The van der Waals surface area contributed by atoms with Gasteiger partial charge in [-0.1, -0.05) is 12.1 Å². The van der Waals surface area contributed by atoms with E-state index in [1.807, 2.05) is 19.1 Å². The molecule has 2 unspecified atom stereocenters. The number of ether oxygens (including phenoxy) is 3. The quantitative estimate of drug-likeness (QED) is 0.778. The first-order chi connectivity index (χ1) is 7.79. The third kappa shape index (κ3) is 1.42. The summed E-state index contributed by atoms with van der Waals surface area (Å²) in [6.07, 6.45) is -0.382. The van der Waals surface area contributed by atoms with E-state index in [1.165, 1.54) is 0 Å². The van der Waals surface area contributed by atoms with Gasteiger partial charge in [-0.15, -0.1) is 0 Å². The van der Waals surface area contributed by atoms with Crippen molar-refractivity contribution in [1.29, 1.82) is 0 Å². The molecule has 16 heavy (non-hydrogen) atoms. The van der Waals surface area contributed by atoms with E-state index in [2.05, 4.69) is 0 Å². The summed E-state index contributed by atoms with van der Waals surface area (Å²) < 4.78 is 17.0. The number of benzene rings is 1. The fourth-order valence-electron chi connectivity index (χ4n) is 2.20. The molecule has 1 fully saturated rings. The molecule has 2 heterocycles. The van der Waals surface area contributed by atoms with E-state index in [0.29, 0.717) is 13.2 Å². The Hall–Kier alpha value is -1.10. The molecule has 86 valence electrons. The lowest BCUT2D eigenvalue weighted by atomic mass is 10.0. The van der Waals surface area contributed by atoms with Gasteiger partial charge < -0.3 is 19.3 Å². The molecule has 0 spiro atoms. The van der Waals surface area contributed by atoms with Crippen LogP contribution in [0.15, 0.2) is 12.1 Å². The number of aliphatic hydroxyl groups is 1.